The molecule has 0 fully saturated rings. The Hall–Kier alpha value is -1.72. The lowest BCUT2D eigenvalue weighted by Gasteiger charge is -2.27. The first-order valence-electron chi connectivity index (χ1n) is 7.66. The van der Waals surface area contributed by atoms with Crippen molar-refractivity contribution in [3.63, 3.8) is 0 Å². The van der Waals surface area contributed by atoms with Crippen LogP contribution in [0.4, 0.5) is 4.39 Å². The van der Waals surface area contributed by atoms with Crippen LogP contribution >= 0.6 is 0 Å². The minimum Gasteiger partial charge on any atom is -0.387 e. The number of imidazole rings is 1. The lowest BCUT2D eigenvalue weighted by molar-refractivity contribution is 0.103. The van der Waals surface area contributed by atoms with Gasteiger partial charge in [0.1, 0.15) is 5.82 Å². The van der Waals surface area contributed by atoms with Crippen LogP contribution in [0.1, 0.15) is 25.5 Å². The second kappa shape index (κ2) is 8.06. The van der Waals surface area contributed by atoms with E-state index >= 15 is 0 Å². The van der Waals surface area contributed by atoms with Crippen LogP contribution in [0.25, 0.3) is 0 Å². The molecular formula is C17H24FN3O. The second-order valence-electron chi connectivity index (χ2n) is 6.02. The van der Waals surface area contributed by atoms with E-state index in [4.69, 9.17) is 0 Å². The summed E-state index contributed by atoms with van der Waals surface area (Å²) in [6, 6.07) is 6.06. The lowest BCUT2D eigenvalue weighted by Crippen LogP contribution is -2.34. The molecule has 4 nitrogen and oxygen atoms in total. The maximum Gasteiger partial charge on any atom is 0.123 e. The fourth-order valence-corrected chi connectivity index (χ4v) is 2.48. The van der Waals surface area contributed by atoms with Crippen molar-refractivity contribution in [2.24, 2.45) is 5.92 Å². The number of aromatic nitrogens is 2. The Balaban J connectivity index is 1.94. The molecule has 0 aliphatic carbocycles. The molecule has 1 atom stereocenters. The summed E-state index contributed by atoms with van der Waals surface area (Å²) in [7, 11) is 0. The predicted molar refractivity (Wildman–Crippen MR) is 84.9 cm³/mol. The standard InChI is InChI=1S/C17H24FN3O/c1-14(2)11-21(10-9-20-8-7-19-13-20)12-17(22)15-3-5-16(18)6-4-15/h3-8,13-14,17,22H,9-12H2,1-2H3. The van der Waals surface area contributed by atoms with Crippen LogP contribution in [0, 0.1) is 11.7 Å². The van der Waals surface area contributed by atoms with Crippen LogP contribution < -0.4 is 0 Å². The van der Waals surface area contributed by atoms with Gasteiger partial charge in [0.05, 0.1) is 12.4 Å². The van der Waals surface area contributed by atoms with Crippen molar-refractivity contribution < 1.29 is 9.50 Å². The first-order chi connectivity index (χ1) is 10.5. The highest BCUT2D eigenvalue weighted by Gasteiger charge is 2.15. The summed E-state index contributed by atoms with van der Waals surface area (Å²) in [5, 5.41) is 10.4. The molecule has 1 N–H and O–H groups in total. The summed E-state index contributed by atoms with van der Waals surface area (Å²) in [4.78, 5) is 6.27. The summed E-state index contributed by atoms with van der Waals surface area (Å²) in [6.07, 6.45) is 4.88. The Morgan fingerprint density at radius 1 is 1.23 bits per heavy atom. The van der Waals surface area contributed by atoms with Gasteiger partial charge in [-0.25, -0.2) is 9.37 Å². The summed E-state index contributed by atoms with van der Waals surface area (Å²) >= 11 is 0. The quantitative estimate of drug-likeness (QED) is 0.815. The minimum atomic E-state index is -0.609. The van der Waals surface area contributed by atoms with E-state index in [1.54, 1.807) is 24.7 Å². The van der Waals surface area contributed by atoms with Crippen molar-refractivity contribution in [1.82, 2.24) is 14.5 Å². The molecule has 0 aliphatic rings. The number of nitrogens with zero attached hydrogens (tertiary/aromatic N) is 3. The molecule has 0 amide bonds. The molecule has 1 aromatic carbocycles. The van der Waals surface area contributed by atoms with E-state index in [0.717, 1.165) is 25.2 Å². The Morgan fingerprint density at radius 3 is 2.55 bits per heavy atom. The van der Waals surface area contributed by atoms with Gasteiger partial charge in [0.25, 0.3) is 0 Å². The van der Waals surface area contributed by atoms with Gasteiger partial charge in [0, 0.05) is 38.6 Å². The maximum absolute atomic E-state index is 13.0. The average molecular weight is 305 g/mol. The highest BCUT2D eigenvalue weighted by Crippen LogP contribution is 2.15. The minimum absolute atomic E-state index is 0.282. The number of benzene rings is 1. The van der Waals surface area contributed by atoms with Gasteiger partial charge in [0.2, 0.25) is 0 Å². The number of halogens is 1. The van der Waals surface area contributed by atoms with Gasteiger partial charge in [-0.1, -0.05) is 26.0 Å². The molecule has 2 rings (SSSR count). The third kappa shape index (κ3) is 5.24. The highest BCUT2D eigenvalue weighted by atomic mass is 19.1. The molecule has 1 unspecified atom stereocenters. The number of aliphatic hydroxyl groups is 1. The third-order valence-electron chi connectivity index (χ3n) is 3.54. The first kappa shape index (κ1) is 16.6. The Labute approximate surface area is 131 Å². The van der Waals surface area contributed by atoms with Crippen LogP contribution in [0.15, 0.2) is 43.0 Å². The van der Waals surface area contributed by atoms with Crippen molar-refractivity contribution in [3.05, 3.63) is 54.4 Å². The van der Waals surface area contributed by atoms with E-state index in [2.05, 4.69) is 23.7 Å². The number of rotatable bonds is 8. The Kier molecular flexibility index (Phi) is 6.10. The summed E-state index contributed by atoms with van der Waals surface area (Å²) in [6.45, 7) is 7.45. The SMILES string of the molecule is CC(C)CN(CCn1ccnc1)CC(O)c1ccc(F)cc1. The van der Waals surface area contributed by atoms with Gasteiger partial charge >= 0.3 is 0 Å². The third-order valence-corrected chi connectivity index (χ3v) is 3.54. The van der Waals surface area contributed by atoms with Gasteiger partial charge < -0.3 is 9.67 Å². The predicted octanol–water partition coefficient (Wildman–Crippen LogP) is 2.71. The molecule has 0 saturated carbocycles. The topological polar surface area (TPSA) is 41.3 Å². The van der Waals surface area contributed by atoms with Gasteiger partial charge in [-0.05, 0) is 23.6 Å². The number of hydrogen-bond donors (Lipinski definition) is 1. The van der Waals surface area contributed by atoms with Crippen molar-refractivity contribution in [1.29, 1.82) is 0 Å². The molecule has 0 bridgehead atoms. The molecule has 0 radical (unpaired) electrons. The molecule has 5 heteroatoms. The normalized spacial score (nSPS) is 13.0. The largest absolute Gasteiger partial charge is 0.387 e. The van der Waals surface area contributed by atoms with E-state index in [9.17, 15) is 9.50 Å². The lowest BCUT2D eigenvalue weighted by atomic mass is 10.1. The Morgan fingerprint density at radius 2 is 1.95 bits per heavy atom. The van der Waals surface area contributed by atoms with E-state index in [1.807, 2.05) is 10.8 Å². The zero-order valence-electron chi connectivity index (χ0n) is 13.2. The molecule has 1 heterocycles. The maximum atomic E-state index is 13.0. The molecule has 2 aromatic rings. The van der Waals surface area contributed by atoms with Crippen molar-refractivity contribution in [2.75, 3.05) is 19.6 Å². The summed E-state index contributed by atoms with van der Waals surface area (Å²) in [5.74, 6) is 0.235. The van der Waals surface area contributed by atoms with Crippen LogP contribution in [0.3, 0.4) is 0 Å². The molecule has 0 saturated heterocycles. The zero-order valence-corrected chi connectivity index (χ0v) is 13.2. The van der Waals surface area contributed by atoms with Gasteiger partial charge in [-0.2, -0.15) is 0 Å². The van der Waals surface area contributed by atoms with Crippen LogP contribution in [0.5, 0.6) is 0 Å². The van der Waals surface area contributed by atoms with Gasteiger partial charge in [-0.3, -0.25) is 4.90 Å². The molecule has 22 heavy (non-hydrogen) atoms. The van der Waals surface area contributed by atoms with Crippen LogP contribution in [-0.2, 0) is 6.54 Å². The smallest absolute Gasteiger partial charge is 0.123 e. The molecule has 120 valence electrons. The summed E-state index contributed by atoms with van der Waals surface area (Å²) < 4.78 is 15.0. The zero-order chi connectivity index (χ0) is 15.9. The van der Waals surface area contributed by atoms with Gasteiger partial charge in [0.15, 0.2) is 0 Å². The van der Waals surface area contributed by atoms with Crippen molar-refractivity contribution in [3.8, 4) is 0 Å². The van der Waals surface area contributed by atoms with Gasteiger partial charge in [-0.15, -0.1) is 0 Å². The highest BCUT2D eigenvalue weighted by molar-refractivity contribution is 5.18. The second-order valence-corrected chi connectivity index (χ2v) is 6.02. The molecule has 0 aliphatic heterocycles. The van der Waals surface area contributed by atoms with Crippen LogP contribution in [-0.4, -0.2) is 39.2 Å². The Bertz CT molecular complexity index is 540. The average Bonchev–Trinajstić information content (AvgIpc) is 2.98. The number of hydrogen-bond acceptors (Lipinski definition) is 3. The van der Waals surface area contributed by atoms with E-state index in [1.165, 1.54) is 12.1 Å². The molecule has 0 spiro atoms. The van der Waals surface area contributed by atoms with E-state index in [0.29, 0.717) is 12.5 Å². The van der Waals surface area contributed by atoms with E-state index < -0.39 is 6.10 Å². The molecular weight excluding hydrogens is 281 g/mol. The fourth-order valence-electron chi connectivity index (χ4n) is 2.48. The molecule has 1 aromatic heterocycles. The van der Waals surface area contributed by atoms with E-state index in [-0.39, 0.29) is 5.82 Å². The van der Waals surface area contributed by atoms with Crippen LogP contribution in [0.2, 0.25) is 0 Å². The fraction of sp³-hybridized carbons (Fsp3) is 0.471. The first-order valence-corrected chi connectivity index (χ1v) is 7.66. The summed E-state index contributed by atoms with van der Waals surface area (Å²) in [5.41, 5.74) is 0.748. The monoisotopic (exact) mass is 305 g/mol. The van der Waals surface area contributed by atoms with Crippen molar-refractivity contribution in [2.45, 2.75) is 26.5 Å². The number of aliphatic hydroxyl groups excluding tert-OH is 1. The van der Waals surface area contributed by atoms with Crippen molar-refractivity contribution >= 4 is 0 Å².